The van der Waals surface area contributed by atoms with Crippen molar-refractivity contribution in [1.82, 2.24) is 10.2 Å². The number of nitrogens with one attached hydrogen (secondary N) is 1. The van der Waals surface area contributed by atoms with E-state index in [0.29, 0.717) is 19.8 Å². The number of rotatable bonds is 5. The molecule has 0 aromatic heterocycles. The van der Waals surface area contributed by atoms with E-state index in [4.69, 9.17) is 9.47 Å². The van der Waals surface area contributed by atoms with Crippen molar-refractivity contribution >= 4 is 5.91 Å². The fraction of sp³-hybridized carbons (Fsp3) is 0.800. The van der Waals surface area contributed by atoms with Gasteiger partial charge in [0.15, 0.2) is 0 Å². The molecule has 2 aliphatic rings. The Bertz CT molecular complexity index is 358. The summed E-state index contributed by atoms with van der Waals surface area (Å²) in [7, 11) is 0. The molecule has 2 heterocycles. The molecule has 0 aromatic carbocycles. The first-order valence-corrected chi connectivity index (χ1v) is 7.36. The maximum atomic E-state index is 12.1. The average molecular weight is 282 g/mol. The van der Waals surface area contributed by atoms with Crippen molar-refractivity contribution in [3.63, 3.8) is 0 Å². The second-order valence-corrected chi connectivity index (χ2v) is 6.10. The molecule has 1 unspecified atom stereocenters. The zero-order valence-electron chi connectivity index (χ0n) is 12.6. The zero-order valence-corrected chi connectivity index (χ0v) is 12.6. The average Bonchev–Trinajstić information content (AvgIpc) is 2.44. The Kier molecular flexibility index (Phi) is 5.18. The van der Waals surface area contributed by atoms with Crippen LogP contribution in [0.1, 0.15) is 20.3 Å². The van der Waals surface area contributed by atoms with E-state index in [9.17, 15) is 4.79 Å². The number of carbonyl (C=O) groups excluding carboxylic acids is 1. The molecule has 0 bridgehead atoms. The molecule has 114 valence electrons. The lowest BCUT2D eigenvalue weighted by molar-refractivity contribution is -0.145. The lowest BCUT2D eigenvalue weighted by atomic mass is 9.95. The molecule has 5 nitrogen and oxygen atoms in total. The van der Waals surface area contributed by atoms with Crippen molar-refractivity contribution in [2.45, 2.75) is 25.8 Å². The fourth-order valence-electron chi connectivity index (χ4n) is 2.94. The van der Waals surface area contributed by atoms with Crippen LogP contribution in [0.2, 0.25) is 0 Å². The van der Waals surface area contributed by atoms with Crippen molar-refractivity contribution in [1.29, 1.82) is 0 Å². The molecule has 2 fully saturated rings. The summed E-state index contributed by atoms with van der Waals surface area (Å²) in [5.74, 6) is 0.0461. The standard InChI is InChI=1S/C15H26N2O3/c1-12(2)8-13(3)14(18)16-9-15-10-19-6-4-17(15)5-7-20-11-15/h13H,1,4-11H2,2-3H3,(H,16,18). The van der Waals surface area contributed by atoms with Crippen LogP contribution in [-0.2, 0) is 14.3 Å². The second kappa shape index (κ2) is 6.70. The first-order chi connectivity index (χ1) is 9.53. The largest absolute Gasteiger partial charge is 0.378 e. The maximum absolute atomic E-state index is 12.1. The molecule has 20 heavy (non-hydrogen) atoms. The highest BCUT2D eigenvalue weighted by Crippen LogP contribution is 2.23. The zero-order chi connectivity index (χ0) is 14.6. The summed E-state index contributed by atoms with van der Waals surface area (Å²) >= 11 is 0. The molecular weight excluding hydrogens is 256 g/mol. The predicted molar refractivity (Wildman–Crippen MR) is 77.5 cm³/mol. The van der Waals surface area contributed by atoms with E-state index >= 15 is 0 Å². The third-order valence-corrected chi connectivity index (χ3v) is 4.12. The summed E-state index contributed by atoms with van der Waals surface area (Å²) in [6.45, 7) is 13.0. The topological polar surface area (TPSA) is 50.8 Å². The molecule has 2 aliphatic heterocycles. The highest BCUT2D eigenvalue weighted by Gasteiger charge is 2.42. The Morgan fingerprint density at radius 1 is 1.35 bits per heavy atom. The summed E-state index contributed by atoms with van der Waals surface area (Å²) in [5.41, 5.74) is 0.851. The van der Waals surface area contributed by atoms with E-state index in [1.165, 1.54) is 0 Å². The van der Waals surface area contributed by atoms with Crippen molar-refractivity contribution in [2.75, 3.05) is 46.1 Å². The Labute approximate surface area is 121 Å². The van der Waals surface area contributed by atoms with Crippen LogP contribution in [0.4, 0.5) is 0 Å². The second-order valence-electron chi connectivity index (χ2n) is 6.10. The molecule has 0 radical (unpaired) electrons. The lowest BCUT2D eigenvalue weighted by Crippen LogP contribution is -2.67. The Hall–Kier alpha value is -0.910. The summed E-state index contributed by atoms with van der Waals surface area (Å²) in [4.78, 5) is 14.5. The maximum Gasteiger partial charge on any atom is 0.223 e. The molecule has 5 heteroatoms. The number of hydrogen-bond donors (Lipinski definition) is 1. The molecular formula is C15H26N2O3. The number of allylic oxidation sites excluding steroid dienone is 1. The van der Waals surface area contributed by atoms with Gasteiger partial charge in [0, 0.05) is 25.6 Å². The van der Waals surface area contributed by atoms with E-state index in [1.807, 2.05) is 13.8 Å². The summed E-state index contributed by atoms with van der Waals surface area (Å²) in [5, 5.41) is 3.07. The fourth-order valence-corrected chi connectivity index (χ4v) is 2.94. The van der Waals surface area contributed by atoms with Gasteiger partial charge in [0.2, 0.25) is 5.91 Å². The Balaban J connectivity index is 1.90. The van der Waals surface area contributed by atoms with Crippen LogP contribution in [0.5, 0.6) is 0 Å². The van der Waals surface area contributed by atoms with Crippen molar-refractivity contribution in [3.8, 4) is 0 Å². The smallest absolute Gasteiger partial charge is 0.223 e. The molecule has 0 saturated carbocycles. The molecule has 1 atom stereocenters. The first-order valence-electron chi connectivity index (χ1n) is 7.36. The van der Waals surface area contributed by atoms with Crippen LogP contribution in [0.25, 0.3) is 0 Å². The highest BCUT2D eigenvalue weighted by molar-refractivity contribution is 5.78. The summed E-state index contributed by atoms with van der Waals surface area (Å²) in [6.07, 6.45) is 0.732. The van der Waals surface area contributed by atoms with E-state index in [1.54, 1.807) is 0 Å². The molecule has 2 rings (SSSR count). The van der Waals surface area contributed by atoms with Crippen molar-refractivity contribution < 1.29 is 14.3 Å². The third-order valence-electron chi connectivity index (χ3n) is 4.12. The minimum atomic E-state index is -0.185. The summed E-state index contributed by atoms with van der Waals surface area (Å²) in [6, 6.07) is 0. The van der Waals surface area contributed by atoms with Gasteiger partial charge in [-0.2, -0.15) is 0 Å². The first kappa shape index (κ1) is 15.5. The van der Waals surface area contributed by atoms with Gasteiger partial charge in [0.05, 0.1) is 32.0 Å². The SMILES string of the molecule is C=C(C)CC(C)C(=O)NCC12COCCN1CCOC2. The Morgan fingerprint density at radius 3 is 2.50 bits per heavy atom. The van der Waals surface area contributed by atoms with Crippen molar-refractivity contribution in [3.05, 3.63) is 12.2 Å². The normalized spacial score (nSPS) is 23.7. The lowest BCUT2D eigenvalue weighted by Gasteiger charge is -2.49. The van der Waals surface area contributed by atoms with Gasteiger partial charge in [-0.25, -0.2) is 0 Å². The number of ether oxygens (including phenoxy) is 2. The van der Waals surface area contributed by atoms with Crippen LogP contribution in [0.3, 0.4) is 0 Å². The monoisotopic (exact) mass is 282 g/mol. The van der Waals surface area contributed by atoms with Gasteiger partial charge in [-0.05, 0) is 13.3 Å². The van der Waals surface area contributed by atoms with E-state index in [2.05, 4.69) is 16.8 Å². The van der Waals surface area contributed by atoms with Gasteiger partial charge in [0.25, 0.3) is 0 Å². The Morgan fingerprint density at radius 2 is 1.95 bits per heavy atom. The number of carbonyl (C=O) groups is 1. The molecule has 1 amide bonds. The summed E-state index contributed by atoms with van der Waals surface area (Å²) < 4.78 is 11.2. The van der Waals surface area contributed by atoms with E-state index in [0.717, 1.165) is 38.3 Å². The van der Waals surface area contributed by atoms with Gasteiger partial charge in [0.1, 0.15) is 0 Å². The van der Waals surface area contributed by atoms with Crippen LogP contribution in [0.15, 0.2) is 12.2 Å². The minimum absolute atomic E-state index is 0.0358. The van der Waals surface area contributed by atoms with Gasteiger partial charge < -0.3 is 14.8 Å². The third kappa shape index (κ3) is 3.59. The number of amides is 1. The molecule has 1 N–H and O–H groups in total. The number of nitrogens with zero attached hydrogens (tertiary/aromatic N) is 1. The van der Waals surface area contributed by atoms with E-state index < -0.39 is 0 Å². The molecule has 2 saturated heterocycles. The van der Waals surface area contributed by atoms with Crippen molar-refractivity contribution in [2.24, 2.45) is 5.92 Å². The van der Waals surface area contributed by atoms with Gasteiger partial charge >= 0.3 is 0 Å². The van der Waals surface area contributed by atoms with Crippen LogP contribution >= 0.6 is 0 Å². The van der Waals surface area contributed by atoms with Gasteiger partial charge in [-0.1, -0.05) is 12.5 Å². The van der Waals surface area contributed by atoms with E-state index in [-0.39, 0.29) is 17.4 Å². The molecule has 0 spiro atoms. The van der Waals surface area contributed by atoms with Crippen LogP contribution in [-0.4, -0.2) is 62.4 Å². The number of morpholine rings is 2. The highest BCUT2D eigenvalue weighted by atomic mass is 16.5. The number of hydrogen-bond acceptors (Lipinski definition) is 4. The minimum Gasteiger partial charge on any atom is -0.378 e. The predicted octanol–water partition coefficient (Wildman–Crippen LogP) is 0.806. The van der Waals surface area contributed by atoms with Crippen LogP contribution < -0.4 is 5.32 Å². The van der Waals surface area contributed by atoms with Gasteiger partial charge in [-0.3, -0.25) is 9.69 Å². The molecule has 0 aliphatic carbocycles. The van der Waals surface area contributed by atoms with Gasteiger partial charge in [-0.15, -0.1) is 6.58 Å². The quantitative estimate of drug-likeness (QED) is 0.758. The van der Waals surface area contributed by atoms with Crippen LogP contribution in [0, 0.1) is 5.92 Å². The number of fused-ring (bicyclic) bond motifs is 1. The molecule has 0 aromatic rings.